The minimum Gasteiger partial charge on any atom is -0.480 e. The Bertz CT molecular complexity index is 342. The van der Waals surface area contributed by atoms with Crippen LogP contribution in [0.4, 0.5) is 0 Å². The van der Waals surface area contributed by atoms with Crippen molar-refractivity contribution in [1.29, 1.82) is 0 Å². The summed E-state index contributed by atoms with van der Waals surface area (Å²) in [5.41, 5.74) is 0. The van der Waals surface area contributed by atoms with Gasteiger partial charge in [-0.2, -0.15) is 0 Å². The largest absolute Gasteiger partial charge is 0.480 e. The maximum Gasteiger partial charge on any atom is 0.325 e. The molecule has 0 aliphatic carbocycles. The van der Waals surface area contributed by atoms with Gasteiger partial charge in [0, 0.05) is 19.3 Å². The lowest BCUT2D eigenvalue weighted by molar-refractivity contribution is -0.141. The number of carboxylic acid groups (broad SMARTS) is 1. The van der Waals surface area contributed by atoms with Gasteiger partial charge in [-0.15, -0.1) is 0 Å². The molecule has 0 fully saturated rings. The van der Waals surface area contributed by atoms with Crippen LogP contribution in [0.3, 0.4) is 0 Å². The number of nitrogens with one attached hydrogen (secondary N) is 1. The molecule has 2 N–H and O–H groups in total. The molecule has 0 aromatic rings. The van der Waals surface area contributed by atoms with E-state index in [2.05, 4.69) is 12.2 Å². The fraction of sp³-hybridized carbons (Fsp3) is 0.824. The van der Waals surface area contributed by atoms with Crippen LogP contribution in [-0.2, 0) is 14.4 Å². The van der Waals surface area contributed by atoms with Crippen molar-refractivity contribution in [3.05, 3.63) is 0 Å². The van der Waals surface area contributed by atoms with Crippen LogP contribution in [0.25, 0.3) is 0 Å². The second-order valence-corrected chi connectivity index (χ2v) is 5.89. The van der Waals surface area contributed by atoms with Crippen molar-refractivity contribution in [2.45, 2.75) is 90.5 Å². The van der Waals surface area contributed by atoms with Gasteiger partial charge < -0.3 is 10.4 Å². The molecule has 0 spiro atoms. The van der Waals surface area contributed by atoms with Crippen LogP contribution < -0.4 is 5.32 Å². The summed E-state index contributed by atoms with van der Waals surface area (Å²) in [7, 11) is 0. The number of carboxylic acids is 1. The third-order valence-corrected chi connectivity index (χ3v) is 3.67. The molecule has 0 heterocycles. The molecule has 22 heavy (non-hydrogen) atoms. The standard InChI is InChI=1S/C17H31NO4/c1-3-4-5-6-8-11-15(19)12-9-7-10-13-16(20)18-14(2)17(21)22/h14H,3-13H2,1-2H3,(H,18,20)(H,21,22)/t14-/m0/s1. The van der Waals surface area contributed by atoms with Gasteiger partial charge in [0.05, 0.1) is 0 Å². The summed E-state index contributed by atoms with van der Waals surface area (Å²) in [6.45, 7) is 3.62. The molecular weight excluding hydrogens is 282 g/mol. The third kappa shape index (κ3) is 12.4. The molecule has 0 aromatic heterocycles. The number of Topliss-reactive ketones (excluding diaryl/α,β-unsaturated/α-hetero) is 1. The minimum atomic E-state index is -1.03. The van der Waals surface area contributed by atoms with E-state index >= 15 is 0 Å². The number of rotatable bonds is 14. The average Bonchev–Trinajstić information content (AvgIpc) is 2.46. The molecule has 128 valence electrons. The van der Waals surface area contributed by atoms with Crippen molar-refractivity contribution in [3.63, 3.8) is 0 Å². The predicted octanol–water partition coefficient (Wildman–Crippen LogP) is 3.46. The highest BCUT2D eigenvalue weighted by molar-refractivity contribution is 5.83. The van der Waals surface area contributed by atoms with Gasteiger partial charge in [-0.05, 0) is 26.2 Å². The van der Waals surface area contributed by atoms with Gasteiger partial charge in [-0.1, -0.05) is 39.0 Å². The van der Waals surface area contributed by atoms with E-state index in [9.17, 15) is 14.4 Å². The van der Waals surface area contributed by atoms with Crippen molar-refractivity contribution >= 4 is 17.7 Å². The molecule has 0 radical (unpaired) electrons. The van der Waals surface area contributed by atoms with Gasteiger partial charge >= 0.3 is 5.97 Å². The highest BCUT2D eigenvalue weighted by Crippen LogP contribution is 2.09. The number of ketones is 1. The molecule has 5 nitrogen and oxygen atoms in total. The molecule has 5 heteroatoms. The van der Waals surface area contributed by atoms with E-state index in [-0.39, 0.29) is 5.91 Å². The van der Waals surface area contributed by atoms with E-state index in [1.807, 2.05) is 0 Å². The van der Waals surface area contributed by atoms with E-state index in [1.165, 1.54) is 26.2 Å². The van der Waals surface area contributed by atoms with Crippen LogP contribution in [0.15, 0.2) is 0 Å². The maximum atomic E-state index is 11.6. The quantitative estimate of drug-likeness (QED) is 0.481. The SMILES string of the molecule is CCCCCCCC(=O)CCCCCC(=O)N[C@@H](C)C(=O)O. The Kier molecular flexibility index (Phi) is 12.4. The summed E-state index contributed by atoms with van der Waals surface area (Å²) in [5, 5.41) is 11.1. The van der Waals surface area contributed by atoms with E-state index < -0.39 is 12.0 Å². The van der Waals surface area contributed by atoms with Crippen LogP contribution >= 0.6 is 0 Å². The molecule has 0 aliphatic heterocycles. The first kappa shape index (κ1) is 20.6. The van der Waals surface area contributed by atoms with Crippen LogP contribution in [0.2, 0.25) is 0 Å². The average molecular weight is 313 g/mol. The minimum absolute atomic E-state index is 0.239. The Labute approximate surface area is 133 Å². The third-order valence-electron chi connectivity index (χ3n) is 3.67. The fourth-order valence-electron chi connectivity index (χ4n) is 2.21. The summed E-state index contributed by atoms with van der Waals surface area (Å²) in [4.78, 5) is 33.7. The maximum absolute atomic E-state index is 11.6. The number of carbonyl (C=O) groups is 3. The summed E-state index contributed by atoms with van der Waals surface area (Å²) in [6, 6.07) is -0.846. The van der Waals surface area contributed by atoms with Crippen LogP contribution in [0, 0.1) is 0 Å². The zero-order valence-corrected chi connectivity index (χ0v) is 14.0. The Hall–Kier alpha value is -1.39. The van der Waals surface area contributed by atoms with Crippen molar-refractivity contribution in [2.24, 2.45) is 0 Å². The van der Waals surface area contributed by atoms with Gasteiger partial charge in [0.15, 0.2) is 0 Å². The van der Waals surface area contributed by atoms with Crippen molar-refractivity contribution in [1.82, 2.24) is 5.32 Å². The van der Waals surface area contributed by atoms with Gasteiger partial charge in [0.25, 0.3) is 0 Å². The number of carbonyl (C=O) groups excluding carboxylic acids is 2. The normalized spacial score (nSPS) is 11.9. The molecule has 0 aromatic carbocycles. The van der Waals surface area contributed by atoms with Crippen LogP contribution in [0.5, 0.6) is 0 Å². The van der Waals surface area contributed by atoms with E-state index in [1.54, 1.807) is 0 Å². The van der Waals surface area contributed by atoms with Gasteiger partial charge in [0.1, 0.15) is 11.8 Å². The number of hydrogen-bond donors (Lipinski definition) is 2. The van der Waals surface area contributed by atoms with Crippen molar-refractivity contribution in [2.75, 3.05) is 0 Å². The first-order chi connectivity index (χ1) is 10.5. The second-order valence-electron chi connectivity index (χ2n) is 5.89. The topological polar surface area (TPSA) is 83.5 Å². The number of hydrogen-bond acceptors (Lipinski definition) is 3. The lowest BCUT2D eigenvalue weighted by Crippen LogP contribution is -2.38. The summed E-state index contributed by atoms with van der Waals surface area (Å²) in [5.74, 6) is -0.949. The first-order valence-electron chi connectivity index (χ1n) is 8.51. The zero-order chi connectivity index (χ0) is 16.8. The molecule has 0 saturated heterocycles. The Morgan fingerprint density at radius 3 is 1.91 bits per heavy atom. The summed E-state index contributed by atoms with van der Waals surface area (Å²) >= 11 is 0. The molecule has 0 saturated carbocycles. The number of unbranched alkanes of at least 4 members (excludes halogenated alkanes) is 6. The Balaban J connectivity index is 3.46. The van der Waals surface area contributed by atoms with Gasteiger partial charge in [-0.3, -0.25) is 14.4 Å². The van der Waals surface area contributed by atoms with Crippen molar-refractivity contribution in [3.8, 4) is 0 Å². The number of aliphatic carboxylic acids is 1. The molecule has 0 rings (SSSR count). The zero-order valence-electron chi connectivity index (χ0n) is 14.0. The fourth-order valence-corrected chi connectivity index (χ4v) is 2.21. The molecule has 0 aliphatic rings. The lowest BCUT2D eigenvalue weighted by atomic mass is 10.0. The van der Waals surface area contributed by atoms with Gasteiger partial charge in [0.2, 0.25) is 5.91 Å². The monoisotopic (exact) mass is 313 g/mol. The summed E-state index contributed by atoms with van der Waals surface area (Å²) < 4.78 is 0. The molecule has 0 unspecified atom stereocenters. The molecule has 1 amide bonds. The molecule has 1 atom stereocenters. The Morgan fingerprint density at radius 1 is 0.864 bits per heavy atom. The molecule has 0 bridgehead atoms. The first-order valence-corrected chi connectivity index (χ1v) is 8.51. The van der Waals surface area contributed by atoms with E-state index in [0.717, 1.165) is 25.7 Å². The van der Waals surface area contributed by atoms with E-state index in [0.29, 0.717) is 31.5 Å². The smallest absolute Gasteiger partial charge is 0.325 e. The predicted molar refractivity (Wildman–Crippen MR) is 86.7 cm³/mol. The van der Waals surface area contributed by atoms with E-state index in [4.69, 9.17) is 5.11 Å². The lowest BCUT2D eigenvalue weighted by Gasteiger charge is -2.08. The molecular formula is C17H31NO4. The summed E-state index contributed by atoms with van der Waals surface area (Å²) in [6.07, 6.45) is 9.76. The van der Waals surface area contributed by atoms with Crippen LogP contribution in [0.1, 0.15) is 84.5 Å². The van der Waals surface area contributed by atoms with Crippen LogP contribution in [-0.4, -0.2) is 28.8 Å². The number of amides is 1. The highest BCUT2D eigenvalue weighted by Gasteiger charge is 2.13. The highest BCUT2D eigenvalue weighted by atomic mass is 16.4. The van der Waals surface area contributed by atoms with Gasteiger partial charge in [-0.25, -0.2) is 0 Å². The second kappa shape index (κ2) is 13.3. The Morgan fingerprint density at radius 2 is 1.36 bits per heavy atom. The van der Waals surface area contributed by atoms with Crippen molar-refractivity contribution < 1.29 is 19.5 Å².